The molecule has 0 radical (unpaired) electrons. The van der Waals surface area contributed by atoms with E-state index in [0.29, 0.717) is 17.7 Å². The molecule has 1 heterocycles. The minimum atomic E-state index is -0.833. The highest BCUT2D eigenvalue weighted by Gasteiger charge is 2.48. The van der Waals surface area contributed by atoms with Gasteiger partial charge in [-0.15, -0.1) is 0 Å². The Balaban J connectivity index is 0.000000511. The van der Waals surface area contributed by atoms with Gasteiger partial charge in [-0.05, 0) is 67.8 Å². The first-order valence-corrected chi connectivity index (χ1v) is 9.04. The molecule has 4 nitrogen and oxygen atoms in total. The van der Waals surface area contributed by atoms with Crippen molar-refractivity contribution in [2.45, 2.75) is 58.9 Å². The van der Waals surface area contributed by atoms with Gasteiger partial charge in [-0.2, -0.15) is 0 Å². The van der Waals surface area contributed by atoms with Crippen LogP contribution >= 0.6 is 0 Å². The van der Waals surface area contributed by atoms with Crippen molar-refractivity contribution in [3.8, 4) is 5.75 Å². The van der Waals surface area contributed by atoms with Crippen LogP contribution in [-0.2, 0) is 16.6 Å². The van der Waals surface area contributed by atoms with Crippen LogP contribution in [0.5, 0.6) is 5.75 Å². The molecule has 3 unspecified atom stereocenters. The molecule has 1 aliphatic carbocycles. The largest absolute Gasteiger partial charge is 0.508 e. The van der Waals surface area contributed by atoms with Gasteiger partial charge in [0.15, 0.2) is 0 Å². The normalized spacial score (nSPS) is 27.6. The quantitative estimate of drug-likeness (QED) is 0.796. The average molecular weight is 345 g/mol. The summed E-state index contributed by atoms with van der Waals surface area (Å²) in [5.74, 6) is 0.207. The SMILES string of the molecule is CC(=O)O.CC(C)=CCN1CCC2(C)c3cc(O)ccc3CC1C2C. The average Bonchev–Trinajstić information content (AvgIpc) is 2.50. The van der Waals surface area contributed by atoms with Crippen LogP contribution in [0, 0.1) is 5.92 Å². The minimum Gasteiger partial charge on any atom is -0.508 e. The minimum absolute atomic E-state index is 0.207. The summed E-state index contributed by atoms with van der Waals surface area (Å²) >= 11 is 0. The molecule has 3 rings (SSSR count). The van der Waals surface area contributed by atoms with Crippen LogP contribution in [0.4, 0.5) is 0 Å². The lowest BCUT2D eigenvalue weighted by Crippen LogP contribution is -2.57. The van der Waals surface area contributed by atoms with Crippen molar-refractivity contribution in [3.05, 3.63) is 41.0 Å². The summed E-state index contributed by atoms with van der Waals surface area (Å²) in [5, 5.41) is 17.3. The number of phenols is 1. The van der Waals surface area contributed by atoms with E-state index in [1.807, 2.05) is 12.1 Å². The highest BCUT2D eigenvalue weighted by molar-refractivity contribution is 5.62. The molecular weight excluding hydrogens is 314 g/mol. The molecule has 2 aliphatic rings. The molecule has 1 fully saturated rings. The zero-order valence-corrected chi connectivity index (χ0v) is 16.0. The second-order valence-electron chi connectivity index (χ2n) is 7.86. The second-order valence-corrected chi connectivity index (χ2v) is 7.86. The van der Waals surface area contributed by atoms with Gasteiger partial charge in [-0.25, -0.2) is 0 Å². The molecule has 25 heavy (non-hydrogen) atoms. The standard InChI is InChI=1S/C19H27NO.C2H4O2/c1-13(2)7-9-20-10-8-19(4)14(3)18(20)11-15-5-6-16(21)12-17(15)19;1-2(3)4/h5-7,12,14,18,21H,8-11H2,1-4H3;1H3,(H,3,4). The Morgan fingerprint density at radius 1 is 1.36 bits per heavy atom. The molecule has 138 valence electrons. The maximum atomic E-state index is 9.87. The fourth-order valence-corrected chi connectivity index (χ4v) is 4.22. The summed E-state index contributed by atoms with van der Waals surface area (Å²) in [6.45, 7) is 12.4. The molecule has 1 aromatic rings. The number of carbonyl (C=O) groups is 1. The van der Waals surface area contributed by atoms with E-state index in [1.165, 1.54) is 23.1 Å². The van der Waals surface area contributed by atoms with E-state index in [9.17, 15) is 5.11 Å². The van der Waals surface area contributed by atoms with Gasteiger partial charge in [0.05, 0.1) is 0 Å². The van der Waals surface area contributed by atoms with E-state index in [2.05, 4.69) is 44.7 Å². The highest BCUT2D eigenvalue weighted by atomic mass is 16.4. The van der Waals surface area contributed by atoms with Gasteiger partial charge in [-0.1, -0.05) is 31.6 Å². The number of benzene rings is 1. The number of aliphatic carboxylic acids is 1. The Morgan fingerprint density at radius 3 is 2.60 bits per heavy atom. The predicted molar refractivity (Wildman–Crippen MR) is 101 cm³/mol. The smallest absolute Gasteiger partial charge is 0.300 e. The number of carboxylic acid groups (broad SMARTS) is 1. The Kier molecular flexibility index (Phi) is 5.94. The molecule has 3 atom stereocenters. The second kappa shape index (κ2) is 7.61. The summed E-state index contributed by atoms with van der Waals surface area (Å²) in [6, 6.07) is 6.60. The Bertz CT molecular complexity index is 659. The number of aromatic hydroxyl groups is 1. The van der Waals surface area contributed by atoms with Gasteiger partial charge in [0.2, 0.25) is 0 Å². The van der Waals surface area contributed by atoms with Crippen LogP contribution in [0.25, 0.3) is 0 Å². The van der Waals surface area contributed by atoms with Crippen molar-refractivity contribution < 1.29 is 15.0 Å². The number of carboxylic acids is 1. The molecule has 4 heteroatoms. The number of allylic oxidation sites excluding steroid dienone is 1. The number of hydrogen-bond acceptors (Lipinski definition) is 3. The molecule has 1 aromatic carbocycles. The van der Waals surface area contributed by atoms with E-state index in [0.717, 1.165) is 26.4 Å². The van der Waals surface area contributed by atoms with E-state index in [1.54, 1.807) is 0 Å². The van der Waals surface area contributed by atoms with E-state index in [-0.39, 0.29) is 5.41 Å². The van der Waals surface area contributed by atoms with E-state index in [4.69, 9.17) is 9.90 Å². The first-order chi connectivity index (χ1) is 11.6. The third-order valence-electron chi connectivity index (χ3n) is 5.84. The lowest BCUT2D eigenvalue weighted by molar-refractivity contribution is -0.134. The number of hydrogen-bond donors (Lipinski definition) is 2. The third-order valence-corrected chi connectivity index (χ3v) is 5.84. The molecule has 2 N–H and O–H groups in total. The van der Waals surface area contributed by atoms with Crippen LogP contribution < -0.4 is 0 Å². The zero-order valence-electron chi connectivity index (χ0n) is 16.0. The van der Waals surface area contributed by atoms with Crippen molar-refractivity contribution in [2.24, 2.45) is 5.92 Å². The number of phenolic OH excluding ortho intramolecular Hbond substituents is 1. The van der Waals surface area contributed by atoms with Gasteiger partial charge in [-0.3, -0.25) is 9.69 Å². The number of piperidine rings is 1. The summed E-state index contributed by atoms with van der Waals surface area (Å²) in [6.07, 6.45) is 4.64. The van der Waals surface area contributed by atoms with Crippen LogP contribution in [-0.4, -0.2) is 40.2 Å². The van der Waals surface area contributed by atoms with Crippen molar-refractivity contribution in [1.29, 1.82) is 0 Å². The molecule has 1 saturated heterocycles. The number of likely N-dealkylation sites (tertiary alicyclic amines) is 1. The molecule has 1 aliphatic heterocycles. The van der Waals surface area contributed by atoms with Crippen LogP contribution in [0.1, 0.15) is 52.2 Å². The van der Waals surface area contributed by atoms with Gasteiger partial charge in [0.1, 0.15) is 5.75 Å². The fraction of sp³-hybridized carbons (Fsp3) is 0.571. The predicted octanol–water partition coefficient (Wildman–Crippen LogP) is 3.97. The van der Waals surface area contributed by atoms with Crippen LogP contribution in [0.2, 0.25) is 0 Å². The molecule has 0 amide bonds. The maximum absolute atomic E-state index is 9.87. The summed E-state index contributed by atoms with van der Waals surface area (Å²) < 4.78 is 0. The van der Waals surface area contributed by atoms with Gasteiger partial charge in [0, 0.05) is 19.5 Å². The zero-order chi connectivity index (χ0) is 18.8. The summed E-state index contributed by atoms with van der Waals surface area (Å²) in [4.78, 5) is 11.6. The maximum Gasteiger partial charge on any atom is 0.300 e. The van der Waals surface area contributed by atoms with Gasteiger partial charge in [0.25, 0.3) is 5.97 Å². The van der Waals surface area contributed by atoms with Crippen molar-refractivity contribution in [2.75, 3.05) is 13.1 Å². The number of nitrogens with zero attached hydrogens (tertiary/aromatic N) is 1. The lowest BCUT2D eigenvalue weighted by Gasteiger charge is -2.54. The molecule has 0 aromatic heterocycles. The van der Waals surface area contributed by atoms with Crippen LogP contribution in [0.3, 0.4) is 0 Å². The first-order valence-electron chi connectivity index (χ1n) is 9.04. The van der Waals surface area contributed by atoms with E-state index >= 15 is 0 Å². The first kappa shape index (κ1) is 19.5. The third kappa shape index (κ3) is 4.24. The van der Waals surface area contributed by atoms with Crippen molar-refractivity contribution in [3.63, 3.8) is 0 Å². The topological polar surface area (TPSA) is 60.8 Å². The Morgan fingerprint density at radius 2 is 2.00 bits per heavy atom. The summed E-state index contributed by atoms with van der Waals surface area (Å²) in [7, 11) is 0. The van der Waals surface area contributed by atoms with Gasteiger partial charge >= 0.3 is 0 Å². The Labute approximate surface area is 151 Å². The molecule has 2 bridgehead atoms. The monoisotopic (exact) mass is 345 g/mol. The molecular formula is C21H31NO3. The van der Waals surface area contributed by atoms with Crippen molar-refractivity contribution >= 4 is 5.97 Å². The highest BCUT2D eigenvalue weighted by Crippen LogP contribution is 2.49. The van der Waals surface area contributed by atoms with E-state index < -0.39 is 5.97 Å². The van der Waals surface area contributed by atoms with Gasteiger partial charge < -0.3 is 10.2 Å². The molecule has 0 spiro atoms. The van der Waals surface area contributed by atoms with Crippen molar-refractivity contribution in [1.82, 2.24) is 4.90 Å². The number of fused-ring (bicyclic) bond motifs is 4. The lowest BCUT2D eigenvalue weighted by atomic mass is 9.59. The number of rotatable bonds is 2. The molecule has 0 saturated carbocycles. The van der Waals surface area contributed by atoms with Crippen LogP contribution in [0.15, 0.2) is 29.8 Å². The fourth-order valence-electron chi connectivity index (χ4n) is 4.22. The summed E-state index contributed by atoms with van der Waals surface area (Å²) in [5.41, 5.74) is 4.42. The Hall–Kier alpha value is -1.81.